The van der Waals surface area contributed by atoms with E-state index in [9.17, 15) is 0 Å². The van der Waals surface area contributed by atoms with Crippen molar-refractivity contribution >= 4 is 0 Å². The zero-order valence-electron chi connectivity index (χ0n) is 8.08. The molecule has 0 radical (unpaired) electrons. The molecule has 2 nitrogen and oxygen atoms in total. The van der Waals surface area contributed by atoms with E-state index in [2.05, 4.69) is 29.7 Å². The fourth-order valence-electron chi connectivity index (χ4n) is 1.62. The number of terminal acetylenes is 1. The van der Waals surface area contributed by atoms with Crippen LogP contribution < -0.4 is 0 Å². The summed E-state index contributed by atoms with van der Waals surface area (Å²) >= 11 is 0. The quantitative estimate of drug-likeness (QED) is 0.556. The van der Waals surface area contributed by atoms with Crippen molar-refractivity contribution in [2.75, 3.05) is 33.2 Å². The topological polar surface area (TPSA) is 6.48 Å². The van der Waals surface area contributed by atoms with Gasteiger partial charge in [-0.3, -0.25) is 4.90 Å². The number of hydrogen-bond acceptors (Lipinski definition) is 2. The molecule has 1 heterocycles. The lowest BCUT2D eigenvalue weighted by Gasteiger charge is -2.35. The molecule has 0 aromatic heterocycles. The van der Waals surface area contributed by atoms with Gasteiger partial charge in [0.1, 0.15) is 0 Å². The molecule has 0 N–H and O–H groups in total. The van der Waals surface area contributed by atoms with E-state index < -0.39 is 0 Å². The van der Waals surface area contributed by atoms with Crippen molar-refractivity contribution in [2.24, 2.45) is 0 Å². The number of hydrogen-bond donors (Lipinski definition) is 0. The normalized spacial score (nSPS) is 23.4. The Bertz CT molecular complexity index is 163. The predicted molar refractivity (Wildman–Crippen MR) is 52.0 cm³/mol. The molecule has 0 saturated carbocycles. The highest BCUT2D eigenvalue weighted by molar-refractivity contribution is 5.00. The summed E-state index contributed by atoms with van der Waals surface area (Å²) in [5.41, 5.74) is 0. The van der Waals surface area contributed by atoms with E-state index in [-0.39, 0.29) is 0 Å². The van der Waals surface area contributed by atoms with Crippen molar-refractivity contribution in [1.82, 2.24) is 9.80 Å². The molecule has 68 valence electrons. The summed E-state index contributed by atoms with van der Waals surface area (Å²) in [5.74, 6) is 2.84. The van der Waals surface area contributed by atoms with Crippen molar-refractivity contribution < 1.29 is 0 Å². The molecular formula is C10H18N2. The van der Waals surface area contributed by atoms with Crippen LogP contribution in [0.5, 0.6) is 0 Å². The van der Waals surface area contributed by atoms with Gasteiger partial charge in [0, 0.05) is 26.2 Å². The average Bonchev–Trinajstić information content (AvgIpc) is 2.10. The molecule has 0 bridgehead atoms. The van der Waals surface area contributed by atoms with Gasteiger partial charge in [-0.1, -0.05) is 12.8 Å². The van der Waals surface area contributed by atoms with Gasteiger partial charge < -0.3 is 4.90 Å². The van der Waals surface area contributed by atoms with Gasteiger partial charge in [0.2, 0.25) is 0 Å². The van der Waals surface area contributed by atoms with Crippen LogP contribution in [-0.2, 0) is 0 Å². The van der Waals surface area contributed by atoms with Crippen LogP contribution in [0.1, 0.15) is 13.3 Å². The van der Waals surface area contributed by atoms with Crippen LogP contribution in [0.2, 0.25) is 0 Å². The van der Waals surface area contributed by atoms with Crippen molar-refractivity contribution in [3.8, 4) is 12.3 Å². The molecule has 0 amide bonds. The third kappa shape index (κ3) is 2.23. The lowest BCUT2D eigenvalue weighted by atomic mass is 10.2. The highest BCUT2D eigenvalue weighted by atomic mass is 15.3. The monoisotopic (exact) mass is 166 g/mol. The van der Waals surface area contributed by atoms with Gasteiger partial charge in [-0.05, 0) is 13.5 Å². The Balaban J connectivity index is 2.39. The maximum absolute atomic E-state index is 5.44. The second-order valence-electron chi connectivity index (χ2n) is 3.43. The summed E-state index contributed by atoms with van der Waals surface area (Å²) in [6.45, 7) is 6.71. The Morgan fingerprint density at radius 1 is 1.33 bits per heavy atom. The van der Waals surface area contributed by atoms with E-state index in [0.29, 0.717) is 6.04 Å². The van der Waals surface area contributed by atoms with Crippen molar-refractivity contribution in [2.45, 2.75) is 19.4 Å². The summed E-state index contributed by atoms with van der Waals surface area (Å²) < 4.78 is 0. The summed E-state index contributed by atoms with van der Waals surface area (Å²) in [6, 6.07) is 0.360. The molecule has 1 aliphatic rings. The van der Waals surface area contributed by atoms with E-state index >= 15 is 0 Å². The SMILES string of the molecule is C#CC(CC)N1CCN(C)CC1. The second kappa shape index (κ2) is 4.49. The first-order valence-electron chi connectivity index (χ1n) is 4.66. The average molecular weight is 166 g/mol. The summed E-state index contributed by atoms with van der Waals surface area (Å²) in [7, 11) is 2.16. The maximum atomic E-state index is 5.44. The molecule has 1 unspecified atom stereocenters. The lowest BCUT2D eigenvalue weighted by molar-refractivity contribution is 0.131. The molecule has 2 heteroatoms. The molecule has 0 aliphatic carbocycles. The standard InChI is InChI=1S/C10H18N2/c1-4-10(5-2)12-8-6-11(3)7-9-12/h1,10H,5-9H2,2-3H3. The molecule has 1 aliphatic heterocycles. The van der Waals surface area contributed by atoms with Gasteiger partial charge in [0.05, 0.1) is 6.04 Å². The Hall–Kier alpha value is -0.520. The molecule has 1 rings (SSSR count). The fraction of sp³-hybridized carbons (Fsp3) is 0.800. The van der Waals surface area contributed by atoms with Crippen LogP contribution in [0.4, 0.5) is 0 Å². The summed E-state index contributed by atoms with van der Waals surface area (Å²) in [6.07, 6.45) is 6.51. The number of nitrogens with zero attached hydrogens (tertiary/aromatic N) is 2. The molecule has 0 spiro atoms. The van der Waals surface area contributed by atoms with Gasteiger partial charge in [-0.15, -0.1) is 6.42 Å². The first-order chi connectivity index (χ1) is 5.77. The van der Waals surface area contributed by atoms with Crippen LogP contribution in [0.15, 0.2) is 0 Å². The van der Waals surface area contributed by atoms with E-state index in [1.54, 1.807) is 0 Å². The minimum atomic E-state index is 0.360. The summed E-state index contributed by atoms with van der Waals surface area (Å²) in [5, 5.41) is 0. The highest BCUT2D eigenvalue weighted by Crippen LogP contribution is 2.06. The van der Waals surface area contributed by atoms with Crippen LogP contribution in [0.25, 0.3) is 0 Å². The molecule has 0 aromatic rings. The molecular weight excluding hydrogens is 148 g/mol. The molecule has 1 saturated heterocycles. The van der Waals surface area contributed by atoms with Crippen LogP contribution in [0, 0.1) is 12.3 Å². The Kier molecular flexibility index (Phi) is 3.58. The van der Waals surface area contributed by atoms with Gasteiger partial charge in [-0.2, -0.15) is 0 Å². The minimum absolute atomic E-state index is 0.360. The van der Waals surface area contributed by atoms with E-state index in [4.69, 9.17) is 6.42 Å². The van der Waals surface area contributed by atoms with E-state index in [0.717, 1.165) is 32.6 Å². The zero-order valence-corrected chi connectivity index (χ0v) is 8.08. The van der Waals surface area contributed by atoms with Crippen LogP contribution in [-0.4, -0.2) is 49.1 Å². The van der Waals surface area contributed by atoms with Crippen molar-refractivity contribution in [3.05, 3.63) is 0 Å². The van der Waals surface area contributed by atoms with E-state index in [1.807, 2.05) is 0 Å². The smallest absolute Gasteiger partial charge is 0.0710 e. The molecule has 1 fully saturated rings. The van der Waals surface area contributed by atoms with Gasteiger partial charge in [-0.25, -0.2) is 0 Å². The zero-order chi connectivity index (χ0) is 8.97. The first kappa shape index (κ1) is 9.57. The third-order valence-electron chi connectivity index (χ3n) is 2.56. The largest absolute Gasteiger partial charge is 0.304 e. The van der Waals surface area contributed by atoms with E-state index in [1.165, 1.54) is 0 Å². The van der Waals surface area contributed by atoms with Crippen LogP contribution >= 0.6 is 0 Å². The van der Waals surface area contributed by atoms with Crippen molar-refractivity contribution in [1.29, 1.82) is 0 Å². The highest BCUT2D eigenvalue weighted by Gasteiger charge is 2.18. The Morgan fingerprint density at radius 2 is 1.92 bits per heavy atom. The number of rotatable bonds is 2. The lowest BCUT2D eigenvalue weighted by Crippen LogP contribution is -2.48. The predicted octanol–water partition coefficient (Wildman–Crippen LogP) is 0.646. The molecule has 12 heavy (non-hydrogen) atoms. The van der Waals surface area contributed by atoms with Crippen LogP contribution in [0.3, 0.4) is 0 Å². The Labute approximate surface area is 75.5 Å². The van der Waals surface area contributed by atoms with Crippen molar-refractivity contribution in [3.63, 3.8) is 0 Å². The maximum Gasteiger partial charge on any atom is 0.0710 e. The molecule has 0 aromatic carbocycles. The fourth-order valence-corrected chi connectivity index (χ4v) is 1.62. The van der Waals surface area contributed by atoms with Gasteiger partial charge >= 0.3 is 0 Å². The number of piperazine rings is 1. The number of likely N-dealkylation sites (N-methyl/N-ethyl adjacent to an activating group) is 1. The minimum Gasteiger partial charge on any atom is -0.304 e. The second-order valence-corrected chi connectivity index (χ2v) is 3.43. The first-order valence-corrected chi connectivity index (χ1v) is 4.66. The summed E-state index contributed by atoms with van der Waals surface area (Å²) in [4.78, 5) is 4.75. The van der Waals surface area contributed by atoms with Gasteiger partial charge in [0.25, 0.3) is 0 Å². The Morgan fingerprint density at radius 3 is 2.33 bits per heavy atom. The molecule has 1 atom stereocenters. The van der Waals surface area contributed by atoms with Gasteiger partial charge in [0.15, 0.2) is 0 Å². The third-order valence-corrected chi connectivity index (χ3v) is 2.56.